The van der Waals surface area contributed by atoms with Crippen molar-refractivity contribution in [1.82, 2.24) is 0 Å². The van der Waals surface area contributed by atoms with Crippen LogP contribution in [0.3, 0.4) is 0 Å². The summed E-state index contributed by atoms with van der Waals surface area (Å²) in [6, 6.07) is 7.12. The topological polar surface area (TPSA) is 74.3 Å². The lowest BCUT2D eigenvalue weighted by molar-refractivity contribution is -0.183. The van der Waals surface area contributed by atoms with E-state index in [9.17, 15) is 9.59 Å². The van der Waals surface area contributed by atoms with Gasteiger partial charge in [0.05, 0.1) is 24.9 Å². The minimum Gasteiger partial charge on any atom is -0.465 e. The summed E-state index contributed by atoms with van der Waals surface area (Å²) in [4.78, 5) is 31.6. The molecule has 0 saturated carbocycles. The van der Waals surface area contributed by atoms with E-state index in [0.29, 0.717) is 25.7 Å². The first-order chi connectivity index (χ1) is 13.5. The number of benzene rings is 1. The van der Waals surface area contributed by atoms with Crippen LogP contribution in [0, 0.1) is 12.8 Å². The molecule has 0 amide bonds. The molecule has 7 nitrogen and oxygen atoms in total. The van der Waals surface area contributed by atoms with E-state index in [-0.39, 0.29) is 13.2 Å². The molecule has 0 N–H and O–H groups in total. The Balaban J connectivity index is 2.37. The molecule has 1 aliphatic heterocycles. The predicted molar refractivity (Wildman–Crippen MR) is 105 cm³/mol. The lowest BCUT2D eigenvalue weighted by Crippen LogP contribution is -2.53. The molecular formula is C21H31NO6. The molecule has 1 heterocycles. The summed E-state index contributed by atoms with van der Waals surface area (Å²) in [6.45, 7) is 6.28. The van der Waals surface area contributed by atoms with E-state index in [0.717, 1.165) is 11.3 Å². The van der Waals surface area contributed by atoms with Crippen LogP contribution in [0.15, 0.2) is 24.3 Å². The molecule has 2 rings (SSSR count). The molecule has 0 bridgehead atoms. The molecule has 1 aliphatic rings. The Bertz CT molecular complexity index is 630. The van der Waals surface area contributed by atoms with Gasteiger partial charge in [-0.2, -0.15) is 0 Å². The van der Waals surface area contributed by atoms with E-state index in [1.165, 1.54) is 0 Å². The Morgan fingerprint density at radius 1 is 1.11 bits per heavy atom. The maximum Gasteiger partial charge on any atom is 0.322 e. The summed E-state index contributed by atoms with van der Waals surface area (Å²) in [5, 5.41) is 1.62. The largest absolute Gasteiger partial charge is 0.465 e. The van der Waals surface area contributed by atoms with Gasteiger partial charge in [0, 0.05) is 13.5 Å². The van der Waals surface area contributed by atoms with E-state index < -0.39 is 30.2 Å². The van der Waals surface area contributed by atoms with Crippen molar-refractivity contribution in [3.63, 3.8) is 0 Å². The van der Waals surface area contributed by atoms with Crippen LogP contribution in [0.2, 0.25) is 0 Å². The van der Waals surface area contributed by atoms with E-state index in [2.05, 4.69) is 0 Å². The van der Waals surface area contributed by atoms with Crippen LogP contribution in [0.5, 0.6) is 0 Å². The number of hydrogen-bond acceptors (Lipinski definition) is 7. The summed E-state index contributed by atoms with van der Waals surface area (Å²) in [5.41, 5.74) is 1.75. The Kier molecular flexibility index (Phi) is 8.73. The molecule has 0 spiro atoms. The number of aryl methyl sites for hydroxylation is 1. The highest BCUT2D eigenvalue weighted by molar-refractivity contribution is 5.96. The van der Waals surface area contributed by atoms with Gasteiger partial charge in [-0.1, -0.05) is 32.0 Å². The number of rotatable bonds is 9. The fourth-order valence-corrected chi connectivity index (χ4v) is 3.19. The fraction of sp³-hybridized carbons (Fsp3) is 0.619. The monoisotopic (exact) mass is 393 g/mol. The third-order valence-electron chi connectivity index (χ3n) is 4.64. The highest BCUT2D eigenvalue weighted by Gasteiger charge is 2.45. The van der Waals surface area contributed by atoms with Crippen molar-refractivity contribution in [2.75, 3.05) is 25.4 Å². The first kappa shape index (κ1) is 22.2. The van der Waals surface area contributed by atoms with Gasteiger partial charge in [0.15, 0.2) is 12.2 Å². The number of carbonyl (C=O) groups excluding carboxylic acids is 2. The Labute approximate surface area is 166 Å². The molecule has 156 valence electrons. The number of methoxy groups -OCH3 is 1. The zero-order chi connectivity index (χ0) is 20.5. The maximum absolute atomic E-state index is 12.8. The molecule has 0 aromatic heterocycles. The van der Waals surface area contributed by atoms with Crippen LogP contribution in [0.25, 0.3) is 0 Å². The molecule has 28 heavy (non-hydrogen) atoms. The van der Waals surface area contributed by atoms with E-state index in [1.54, 1.807) is 12.2 Å². The van der Waals surface area contributed by atoms with Crippen molar-refractivity contribution in [2.45, 2.75) is 58.8 Å². The van der Waals surface area contributed by atoms with Gasteiger partial charge in [0.1, 0.15) is 0 Å². The van der Waals surface area contributed by atoms with Crippen LogP contribution in [-0.4, -0.2) is 44.6 Å². The number of nitrogens with zero attached hydrogens (tertiary/aromatic N) is 1. The average molecular weight is 393 g/mol. The normalized spacial score (nSPS) is 19.5. The lowest BCUT2D eigenvalue weighted by Gasteiger charge is -2.42. The molecule has 0 unspecified atom stereocenters. The first-order valence-electron chi connectivity index (χ1n) is 9.91. The van der Waals surface area contributed by atoms with Crippen molar-refractivity contribution < 1.29 is 28.6 Å². The van der Waals surface area contributed by atoms with Crippen LogP contribution < -0.4 is 5.06 Å². The van der Waals surface area contributed by atoms with Crippen molar-refractivity contribution in [2.24, 2.45) is 5.92 Å². The number of hydroxylamine groups is 1. The van der Waals surface area contributed by atoms with Gasteiger partial charge in [0.2, 0.25) is 0 Å². The number of para-hydroxylation sites is 1. The lowest BCUT2D eigenvalue weighted by atomic mass is 9.93. The van der Waals surface area contributed by atoms with E-state index in [4.69, 9.17) is 19.0 Å². The molecule has 1 fully saturated rings. The number of hydrogen-bond donors (Lipinski definition) is 0. The van der Waals surface area contributed by atoms with Gasteiger partial charge in [0.25, 0.3) is 0 Å². The summed E-state index contributed by atoms with van der Waals surface area (Å²) >= 11 is 0. The van der Waals surface area contributed by atoms with Crippen LogP contribution in [0.1, 0.15) is 45.1 Å². The minimum atomic E-state index is -1.09. The van der Waals surface area contributed by atoms with E-state index >= 15 is 0 Å². The number of ether oxygens (including phenoxy) is 3. The maximum atomic E-state index is 12.8. The van der Waals surface area contributed by atoms with Crippen molar-refractivity contribution in [1.29, 1.82) is 0 Å². The SMILES string of the molecule is CCCOC(=O)C(C(=O)OCCC)[C@H]1CC[C@H](OC)ON1c1ccccc1C. The quantitative estimate of drug-likeness (QED) is 0.470. The molecule has 1 aromatic carbocycles. The van der Waals surface area contributed by atoms with Gasteiger partial charge in [-0.15, -0.1) is 0 Å². The Morgan fingerprint density at radius 2 is 1.71 bits per heavy atom. The standard InChI is InChI=1S/C21H31NO6/c1-5-13-26-20(23)19(21(24)27-14-6-2)17-11-12-18(25-4)28-22(17)16-10-8-7-9-15(16)3/h7-10,17-19H,5-6,11-14H2,1-4H3/t17-,18-/m1/s1. The second-order valence-electron chi connectivity index (χ2n) is 6.84. The molecule has 0 radical (unpaired) electrons. The molecular weight excluding hydrogens is 362 g/mol. The third kappa shape index (κ3) is 5.45. The predicted octanol–water partition coefficient (Wildman–Crippen LogP) is 3.39. The molecule has 0 aliphatic carbocycles. The highest BCUT2D eigenvalue weighted by atomic mass is 16.8. The van der Waals surface area contributed by atoms with Crippen LogP contribution in [0.4, 0.5) is 5.69 Å². The minimum absolute atomic E-state index is 0.259. The smallest absolute Gasteiger partial charge is 0.322 e. The average Bonchev–Trinajstić information content (AvgIpc) is 2.71. The van der Waals surface area contributed by atoms with Crippen molar-refractivity contribution >= 4 is 17.6 Å². The van der Waals surface area contributed by atoms with Crippen LogP contribution >= 0.6 is 0 Å². The second kappa shape index (κ2) is 11.0. The molecule has 1 saturated heterocycles. The molecule has 7 heteroatoms. The second-order valence-corrected chi connectivity index (χ2v) is 6.84. The van der Waals surface area contributed by atoms with Gasteiger partial charge >= 0.3 is 11.9 Å². The molecule has 1 aromatic rings. The van der Waals surface area contributed by atoms with Gasteiger partial charge in [-0.3, -0.25) is 9.59 Å². The Morgan fingerprint density at radius 3 is 2.25 bits per heavy atom. The van der Waals surface area contributed by atoms with E-state index in [1.807, 2.05) is 45.0 Å². The summed E-state index contributed by atoms with van der Waals surface area (Å²) in [5.74, 6) is -2.24. The highest BCUT2D eigenvalue weighted by Crippen LogP contribution is 2.34. The zero-order valence-electron chi connectivity index (χ0n) is 17.2. The van der Waals surface area contributed by atoms with Crippen LogP contribution in [-0.2, 0) is 28.6 Å². The number of esters is 2. The Hall–Kier alpha value is -2.12. The fourth-order valence-electron chi connectivity index (χ4n) is 3.19. The molecule has 2 atom stereocenters. The number of anilines is 1. The summed E-state index contributed by atoms with van der Waals surface area (Å²) in [7, 11) is 1.57. The van der Waals surface area contributed by atoms with Gasteiger partial charge in [-0.05, 0) is 37.8 Å². The van der Waals surface area contributed by atoms with Gasteiger partial charge < -0.3 is 14.2 Å². The van der Waals surface area contributed by atoms with Crippen molar-refractivity contribution in [3.8, 4) is 0 Å². The van der Waals surface area contributed by atoms with Crippen molar-refractivity contribution in [3.05, 3.63) is 29.8 Å². The summed E-state index contributed by atoms with van der Waals surface area (Å²) in [6.07, 6.45) is 1.99. The number of carbonyl (C=O) groups is 2. The summed E-state index contributed by atoms with van der Waals surface area (Å²) < 4.78 is 16.0. The first-order valence-corrected chi connectivity index (χ1v) is 9.91. The zero-order valence-corrected chi connectivity index (χ0v) is 17.2. The van der Waals surface area contributed by atoms with Gasteiger partial charge in [-0.25, -0.2) is 9.90 Å². The third-order valence-corrected chi connectivity index (χ3v) is 4.64.